The predicted molar refractivity (Wildman–Crippen MR) is 131 cm³/mol. The summed E-state index contributed by atoms with van der Waals surface area (Å²) in [5.74, 6) is 1.57. The lowest BCUT2D eigenvalue weighted by molar-refractivity contribution is 0.589. The number of piperazine rings is 1. The molecule has 1 fully saturated rings. The summed E-state index contributed by atoms with van der Waals surface area (Å²) >= 11 is 0. The van der Waals surface area contributed by atoms with Gasteiger partial charge in [0.25, 0.3) is 0 Å². The average molecular weight is 459 g/mol. The van der Waals surface area contributed by atoms with Crippen LogP contribution in [0.25, 0.3) is 22.3 Å². The number of hydrogen-bond acceptors (Lipinski definition) is 7. The van der Waals surface area contributed by atoms with Crippen LogP contribution in [0.3, 0.4) is 0 Å². The number of fused-ring (bicyclic) bond motifs is 3. The number of hydrogen-bond donors (Lipinski definition) is 2. The second-order valence-corrected chi connectivity index (χ2v) is 9.10. The van der Waals surface area contributed by atoms with Crippen LogP contribution >= 0.6 is 0 Å². The van der Waals surface area contributed by atoms with Crippen LogP contribution in [0.1, 0.15) is 30.8 Å². The largest absolute Gasteiger partial charge is 0.368 e. The van der Waals surface area contributed by atoms with E-state index < -0.39 is 5.82 Å². The van der Waals surface area contributed by atoms with E-state index in [-0.39, 0.29) is 5.69 Å². The van der Waals surface area contributed by atoms with Gasteiger partial charge in [-0.2, -0.15) is 0 Å². The molecule has 0 aliphatic carbocycles. The third-order valence-corrected chi connectivity index (χ3v) is 6.77. The van der Waals surface area contributed by atoms with Gasteiger partial charge in [-0.1, -0.05) is 0 Å². The van der Waals surface area contributed by atoms with E-state index in [1.165, 1.54) is 6.20 Å². The lowest BCUT2D eigenvalue weighted by Crippen LogP contribution is -2.43. The summed E-state index contributed by atoms with van der Waals surface area (Å²) in [5.41, 5.74) is 5.09. The molecule has 2 aliphatic rings. The van der Waals surface area contributed by atoms with E-state index in [9.17, 15) is 4.39 Å². The fraction of sp³-hybridized carbons (Fsp3) is 0.360. The van der Waals surface area contributed by atoms with E-state index in [0.717, 1.165) is 72.7 Å². The van der Waals surface area contributed by atoms with Crippen LogP contribution in [0.2, 0.25) is 0 Å². The molecule has 34 heavy (non-hydrogen) atoms. The Morgan fingerprint density at radius 3 is 2.74 bits per heavy atom. The van der Waals surface area contributed by atoms with Crippen molar-refractivity contribution in [3.8, 4) is 11.3 Å². The maximum Gasteiger partial charge on any atom is 0.229 e. The van der Waals surface area contributed by atoms with Crippen LogP contribution in [-0.2, 0) is 6.42 Å². The Morgan fingerprint density at radius 1 is 1.09 bits per heavy atom. The average Bonchev–Trinajstić information content (AvgIpc) is 3.41. The molecular weight excluding hydrogens is 431 g/mol. The quantitative estimate of drug-likeness (QED) is 0.478. The molecular formula is C25H27FN8. The first kappa shape index (κ1) is 21.0. The van der Waals surface area contributed by atoms with Crippen LogP contribution in [0.15, 0.2) is 36.7 Å². The third-order valence-electron chi connectivity index (χ3n) is 6.77. The lowest BCUT2D eigenvalue weighted by atomic mass is 10.1. The molecule has 0 spiro atoms. The number of anilines is 3. The van der Waals surface area contributed by atoms with Gasteiger partial charge in [0.1, 0.15) is 17.3 Å². The molecule has 1 unspecified atom stereocenters. The van der Waals surface area contributed by atoms with Gasteiger partial charge in [-0.05, 0) is 50.1 Å². The van der Waals surface area contributed by atoms with Crippen LogP contribution in [0.4, 0.5) is 21.8 Å². The van der Waals surface area contributed by atoms with Gasteiger partial charge in [0.2, 0.25) is 5.95 Å². The number of benzene rings is 1. The van der Waals surface area contributed by atoms with Gasteiger partial charge in [0.15, 0.2) is 5.82 Å². The topological polar surface area (TPSA) is 83.8 Å². The summed E-state index contributed by atoms with van der Waals surface area (Å²) in [4.78, 5) is 20.3. The summed E-state index contributed by atoms with van der Waals surface area (Å²) in [5, 5.41) is 6.47. The van der Waals surface area contributed by atoms with E-state index in [1.54, 1.807) is 0 Å². The molecule has 0 radical (unpaired) electrons. The van der Waals surface area contributed by atoms with Gasteiger partial charge < -0.3 is 20.1 Å². The molecule has 1 atom stereocenters. The Hall–Kier alpha value is -3.59. The van der Waals surface area contributed by atoms with Gasteiger partial charge >= 0.3 is 0 Å². The van der Waals surface area contributed by atoms with Crippen molar-refractivity contribution in [2.45, 2.75) is 32.7 Å². The minimum Gasteiger partial charge on any atom is -0.368 e. The van der Waals surface area contributed by atoms with Gasteiger partial charge in [-0.25, -0.2) is 24.3 Å². The smallest absolute Gasteiger partial charge is 0.229 e. The molecule has 5 heterocycles. The van der Waals surface area contributed by atoms with E-state index in [4.69, 9.17) is 4.98 Å². The molecule has 1 saturated heterocycles. The third kappa shape index (κ3) is 3.66. The summed E-state index contributed by atoms with van der Waals surface area (Å²) < 4.78 is 17.1. The molecule has 6 rings (SSSR count). The zero-order chi connectivity index (χ0) is 23.2. The van der Waals surface area contributed by atoms with Gasteiger partial charge in [-0.15, -0.1) is 0 Å². The number of aryl methyl sites for hydroxylation is 2. The first-order valence-corrected chi connectivity index (χ1v) is 11.8. The van der Waals surface area contributed by atoms with E-state index in [2.05, 4.69) is 42.0 Å². The van der Waals surface area contributed by atoms with Crippen LogP contribution in [0.5, 0.6) is 0 Å². The highest BCUT2D eigenvalue weighted by atomic mass is 19.1. The number of rotatable bonds is 4. The van der Waals surface area contributed by atoms with Crippen LogP contribution in [-0.4, -0.2) is 50.7 Å². The van der Waals surface area contributed by atoms with Crippen LogP contribution in [0, 0.1) is 12.7 Å². The minimum absolute atomic E-state index is 0.265. The second kappa shape index (κ2) is 8.32. The molecule has 4 aromatic rings. The first-order chi connectivity index (χ1) is 16.6. The minimum atomic E-state index is -0.458. The Bertz CT molecular complexity index is 1360. The van der Waals surface area contributed by atoms with Crippen molar-refractivity contribution >= 4 is 28.5 Å². The van der Waals surface area contributed by atoms with Crippen molar-refractivity contribution < 1.29 is 4.39 Å². The Labute approximate surface area is 197 Å². The number of pyridine rings is 1. The molecule has 3 aromatic heterocycles. The predicted octanol–water partition coefficient (Wildman–Crippen LogP) is 4.00. The fourth-order valence-electron chi connectivity index (χ4n) is 5.00. The van der Waals surface area contributed by atoms with Crippen LogP contribution < -0.4 is 15.5 Å². The molecule has 1 aromatic carbocycles. The van der Waals surface area contributed by atoms with Crippen molar-refractivity contribution in [1.29, 1.82) is 0 Å². The molecule has 174 valence electrons. The van der Waals surface area contributed by atoms with Gasteiger partial charge in [-0.3, -0.25) is 0 Å². The molecule has 9 heteroatoms. The van der Waals surface area contributed by atoms with Crippen molar-refractivity contribution in [1.82, 2.24) is 29.8 Å². The second-order valence-electron chi connectivity index (χ2n) is 9.10. The monoisotopic (exact) mass is 458 g/mol. The molecule has 8 nitrogen and oxygen atoms in total. The highest BCUT2D eigenvalue weighted by Crippen LogP contribution is 2.35. The molecule has 2 aliphatic heterocycles. The highest BCUT2D eigenvalue weighted by molar-refractivity contribution is 5.85. The zero-order valence-electron chi connectivity index (χ0n) is 19.3. The maximum atomic E-state index is 14.9. The highest BCUT2D eigenvalue weighted by Gasteiger charge is 2.24. The lowest BCUT2D eigenvalue weighted by Gasteiger charge is -2.29. The van der Waals surface area contributed by atoms with Gasteiger partial charge in [0.05, 0.1) is 29.1 Å². The molecule has 0 bridgehead atoms. The SMILES string of the molecule is Cc1cc(-c2nc(Nc3ccc(N4CCNCC4)cn3)ncc2F)cc2c1nc1n2C(C)CC1. The standard InChI is InChI=1S/C25H27FN8/c1-15-11-17(12-20-23(15)31-22-6-3-16(2)34(20)22)24-19(26)14-29-25(32-24)30-21-5-4-18(13-28-21)33-9-7-27-8-10-33/h4-5,11-14,16,27H,3,6-10H2,1-2H3,(H,28,29,30,32). The van der Waals surface area contributed by atoms with E-state index in [0.29, 0.717) is 17.8 Å². The number of nitrogens with zero attached hydrogens (tertiary/aromatic N) is 6. The normalized spacial score (nSPS) is 17.9. The molecule has 2 N–H and O–H groups in total. The number of nitrogens with one attached hydrogen (secondary N) is 2. The Morgan fingerprint density at radius 2 is 1.94 bits per heavy atom. The van der Waals surface area contributed by atoms with Crippen molar-refractivity contribution in [3.05, 3.63) is 53.9 Å². The van der Waals surface area contributed by atoms with E-state index >= 15 is 0 Å². The number of imidazole rings is 1. The Kier molecular flexibility index (Phi) is 5.13. The van der Waals surface area contributed by atoms with Gasteiger partial charge in [0, 0.05) is 44.2 Å². The maximum absolute atomic E-state index is 14.9. The van der Waals surface area contributed by atoms with Crippen molar-refractivity contribution in [2.24, 2.45) is 0 Å². The molecule has 0 saturated carbocycles. The molecule has 0 amide bonds. The fourth-order valence-corrected chi connectivity index (χ4v) is 5.00. The summed E-state index contributed by atoms with van der Waals surface area (Å²) in [7, 11) is 0. The first-order valence-electron chi connectivity index (χ1n) is 11.8. The Balaban J connectivity index is 1.30. The van der Waals surface area contributed by atoms with E-state index in [1.807, 2.05) is 37.4 Å². The summed E-state index contributed by atoms with van der Waals surface area (Å²) in [6.45, 7) is 8.08. The van der Waals surface area contributed by atoms with Crippen molar-refractivity contribution in [2.75, 3.05) is 36.4 Å². The number of aromatic nitrogens is 5. The van der Waals surface area contributed by atoms with Crippen molar-refractivity contribution in [3.63, 3.8) is 0 Å². The number of halogens is 1. The summed E-state index contributed by atoms with van der Waals surface area (Å²) in [6, 6.07) is 8.26. The summed E-state index contributed by atoms with van der Waals surface area (Å²) in [6.07, 6.45) is 5.11. The zero-order valence-corrected chi connectivity index (χ0v) is 19.3.